The van der Waals surface area contributed by atoms with Gasteiger partial charge in [0.05, 0.1) is 11.0 Å². The summed E-state index contributed by atoms with van der Waals surface area (Å²) >= 11 is 0. The van der Waals surface area contributed by atoms with Gasteiger partial charge in [-0.1, -0.05) is 13.8 Å². The summed E-state index contributed by atoms with van der Waals surface area (Å²) in [6, 6.07) is 5.63. The van der Waals surface area contributed by atoms with Crippen LogP contribution >= 0.6 is 0 Å². The van der Waals surface area contributed by atoms with Crippen molar-refractivity contribution in [3.8, 4) is 0 Å². The van der Waals surface area contributed by atoms with Crippen molar-refractivity contribution >= 4 is 22.7 Å². The molecule has 5 N–H and O–H groups in total. The minimum absolute atomic E-state index is 0.126. The van der Waals surface area contributed by atoms with Gasteiger partial charge in [-0.15, -0.1) is 0 Å². The van der Waals surface area contributed by atoms with E-state index in [0.29, 0.717) is 0 Å². The van der Waals surface area contributed by atoms with E-state index < -0.39 is 0 Å². The lowest BCUT2D eigenvalue weighted by Gasteiger charge is -2.24. The van der Waals surface area contributed by atoms with Gasteiger partial charge in [-0.3, -0.25) is 0 Å². The first-order valence-corrected chi connectivity index (χ1v) is 6.60. The van der Waals surface area contributed by atoms with Crippen LogP contribution in [0.15, 0.2) is 18.2 Å². The third kappa shape index (κ3) is 3.61. The molecule has 0 aliphatic carbocycles. The minimum atomic E-state index is 0.126. The summed E-state index contributed by atoms with van der Waals surface area (Å²) < 4.78 is 0. The smallest absolute Gasteiger partial charge is 0.201 e. The molecule has 104 valence electrons. The molecular weight excluding hydrogens is 240 g/mol. The van der Waals surface area contributed by atoms with E-state index in [9.17, 15) is 0 Å². The number of aliphatic hydroxyl groups excluding tert-OH is 1. The Morgan fingerprint density at radius 2 is 2.21 bits per heavy atom. The number of H-pyrrole nitrogens is 1. The SMILES string of the molecule is CC(C)(CCCO)CNc1nc2ccc(N)cc2[nH]1. The first-order valence-electron chi connectivity index (χ1n) is 6.60. The maximum Gasteiger partial charge on any atom is 0.201 e. The van der Waals surface area contributed by atoms with E-state index in [-0.39, 0.29) is 12.0 Å². The van der Waals surface area contributed by atoms with E-state index in [1.807, 2.05) is 18.2 Å². The number of rotatable bonds is 6. The van der Waals surface area contributed by atoms with Gasteiger partial charge < -0.3 is 21.1 Å². The van der Waals surface area contributed by atoms with Crippen LogP contribution in [0, 0.1) is 5.41 Å². The summed E-state index contributed by atoms with van der Waals surface area (Å²) in [5.74, 6) is 0.762. The fraction of sp³-hybridized carbons (Fsp3) is 0.500. The molecule has 5 nitrogen and oxygen atoms in total. The average Bonchev–Trinajstić information content (AvgIpc) is 2.76. The Morgan fingerprint density at radius 1 is 1.42 bits per heavy atom. The fourth-order valence-corrected chi connectivity index (χ4v) is 2.08. The standard InChI is InChI=1S/C14H22N4O/c1-14(2,6-3-7-19)9-16-13-17-11-5-4-10(15)8-12(11)18-13/h4-5,8,19H,3,6-7,9,15H2,1-2H3,(H2,16,17,18). The molecule has 19 heavy (non-hydrogen) atoms. The van der Waals surface area contributed by atoms with Crippen LogP contribution in [0.2, 0.25) is 0 Å². The predicted octanol–water partition coefficient (Wildman–Crippen LogP) is 2.36. The number of aliphatic hydroxyl groups is 1. The number of imidazole rings is 1. The summed E-state index contributed by atoms with van der Waals surface area (Å²) in [5, 5.41) is 12.2. The van der Waals surface area contributed by atoms with Crippen LogP contribution in [0.4, 0.5) is 11.6 Å². The van der Waals surface area contributed by atoms with Crippen LogP contribution in [0.25, 0.3) is 11.0 Å². The highest BCUT2D eigenvalue weighted by Crippen LogP contribution is 2.23. The zero-order valence-corrected chi connectivity index (χ0v) is 11.5. The molecule has 1 heterocycles. The predicted molar refractivity (Wildman–Crippen MR) is 79.1 cm³/mol. The van der Waals surface area contributed by atoms with Crippen LogP contribution in [0.5, 0.6) is 0 Å². The number of aromatic amines is 1. The number of fused-ring (bicyclic) bond motifs is 1. The Labute approximate surface area is 113 Å². The second-order valence-corrected chi connectivity index (χ2v) is 5.71. The lowest BCUT2D eigenvalue weighted by molar-refractivity contribution is 0.247. The third-order valence-electron chi connectivity index (χ3n) is 3.25. The Kier molecular flexibility index (Phi) is 3.95. The molecule has 0 atom stereocenters. The van der Waals surface area contributed by atoms with Gasteiger partial charge in [-0.05, 0) is 36.5 Å². The lowest BCUT2D eigenvalue weighted by atomic mass is 9.88. The molecule has 0 spiro atoms. The molecule has 2 rings (SSSR count). The average molecular weight is 262 g/mol. The van der Waals surface area contributed by atoms with E-state index in [2.05, 4.69) is 29.1 Å². The first kappa shape index (κ1) is 13.7. The van der Waals surface area contributed by atoms with Crippen LogP contribution in [-0.4, -0.2) is 28.2 Å². The highest BCUT2D eigenvalue weighted by molar-refractivity contribution is 5.80. The zero-order chi connectivity index (χ0) is 13.9. The summed E-state index contributed by atoms with van der Waals surface area (Å²) in [7, 11) is 0. The zero-order valence-electron chi connectivity index (χ0n) is 11.5. The normalized spacial score (nSPS) is 11.9. The van der Waals surface area contributed by atoms with Crippen LogP contribution in [0.1, 0.15) is 26.7 Å². The van der Waals surface area contributed by atoms with Crippen LogP contribution < -0.4 is 11.1 Å². The van der Waals surface area contributed by atoms with Gasteiger partial charge in [0.2, 0.25) is 5.95 Å². The summed E-state index contributed by atoms with van der Waals surface area (Å²) in [6.45, 7) is 5.41. The topological polar surface area (TPSA) is 87.0 Å². The largest absolute Gasteiger partial charge is 0.399 e. The number of nitrogens with two attached hydrogens (primary N) is 1. The Hall–Kier alpha value is -1.75. The Morgan fingerprint density at radius 3 is 2.95 bits per heavy atom. The molecule has 0 saturated carbocycles. The molecule has 0 unspecified atom stereocenters. The molecule has 0 bridgehead atoms. The van der Waals surface area contributed by atoms with Gasteiger partial charge in [0.25, 0.3) is 0 Å². The van der Waals surface area contributed by atoms with Crippen molar-refractivity contribution in [2.24, 2.45) is 5.41 Å². The number of benzene rings is 1. The number of anilines is 2. The van der Waals surface area contributed by atoms with Crippen molar-refractivity contribution < 1.29 is 5.11 Å². The van der Waals surface area contributed by atoms with Gasteiger partial charge in [-0.2, -0.15) is 0 Å². The van der Waals surface area contributed by atoms with Crippen molar-refractivity contribution in [3.63, 3.8) is 0 Å². The maximum absolute atomic E-state index is 8.89. The van der Waals surface area contributed by atoms with E-state index in [4.69, 9.17) is 10.8 Å². The quantitative estimate of drug-likeness (QED) is 0.602. The monoisotopic (exact) mass is 262 g/mol. The van der Waals surface area contributed by atoms with Gasteiger partial charge in [0, 0.05) is 18.8 Å². The minimum Gasteiger partial charge on any atom is -0.399 e. The van der Waals surface area contributed by atoms with Gasteiger partial charge in [-0.25, -0.2) is 4.98 Å². The van der Waals surface area contributed by atoms with Crippen molar-refractivity contribution in [2.75, 3.05) is 24.2 Å². The van der Waals surface area contributed by atoms with Crippen molar-refractivity contribution in [3.05, 3.63) is 18.2 Å². The van der Waals surface area contributed by atoms with E-state index in [1.54, 1.807) is 0 Å². The molecule has 0 aliphatic rings. The highest BCUT2D eigenvalue weighted by Gasteiger charge is 2.17. The van der Waals surface area contributed by atoms with Gasteiger partial charge >= 0.3 is 0 Å². The second-order valence-electron chi connectivity index (χ2n) is 5.71. The van der Waals surface area contributed by atoms with E-state index >= 15 is 0 Å². The van der Waals surface area contributed by atoms with E-state index in [0.717, 1.165) is 42.1 Å². The molecule has 1 aromatic carbocycles. The summed E-state index contributed by atoms with van der Waals surface area (Å²) in [6.07, 6.45) is 1.80. The van der Waals surface area contributed by atoms with Crippen molar-refractivity contribution in [1.29, 1.82) is 0 Å². The fourth-order valence-electron chi connectivity index (χ4n) is 2.08. The number of nitrogens with zero attached hydrogens (tertiary/aromatic N) is 1. The van der Waals surface area contributed by atoms with Gasteiger partial charge in [0.1, 0.15) is 0 Å². The maximum atomic E-state index is 8.89. The molecule has 0 radical (unpaired) electrons. The Balaban J connectivity index is 2.01. The molecule has 0 fully saturated rings. The third-order valence-corrected chi connectivity index (χ3v) is 3.25. The van der Waals surface area contributed by atoms with Crippen LogP contribution in [-0.2, 0) is 0 Å². The lowest BCUT2D eigenvalue weighted by Crippen LogP contribution is -2.23. The summed E-state index contributed by atoms with van der Waals surface area (Å²) in [4.78, 5) is 7.68. The first-order chi connectivity index (χ1) is 9.00. The second kappa shape index (κ2) is 5.48. The molecule has 0 aliphatic heterocycles. The van der Waals surface area contributed by atoms with Crippen molar-refractivity contribution in [1.82, 2.24) is 9.97 Å². The number of aromatic nitrogens is 2. The van der Waals surface area contributed by atoms with Crippen molar-refractivity contribution in [2.45, 2.75) is 26.7 Å². The van der Waals surface area contributed by atoms with Crippen LogP contribution in [0.3, 0.4) is 0 Å². The number of nitrogens with one attached hydrogen (secondary N) is 2. The number of hydrogen-bond donors (Lipinski definition) is 4. The molecule has 0 saturated heterocycles. The molecular formula is C14H22N4O. The van der Waals surface area contributed by atoms with E-state index in [1.165, 1.54) is 0 Å². The molecule has 0 amide bonds. The highest BCUT2D eigenvalue weighted by atomic mass is 16.2. The number of hydrogen-bond acceptors (Lipinski definition) is 4. The van der Waals surface area contributed by atoms with Gasteiger partial charge in [0.15, 0.2) is 0 Å². The Bertz CT molecular complexity index is 547. The summed E-state index contributed by atoms with van der Waals surface area (Å²) in [5.41, 5.74) is 8.44. The molecule has 1 aromatic heterocycles. The molecule has 5 heteroatoms. The molecule has 2 aromatic rings. The number of nitrogen functional groups attached to an aromatic ring is 1.